The summed E-state index contributed by atoms with van der Waals surface area (Å²) in [6.45, 7) is 6.74. The van der Waals surface area contributed by atoms with Crippen LogP contribution in [0.1, 0.15) is 26.3 Å². The number of aromatic nitrogens is 3. The van der Waals surface area contributed by atoms with Gasteiger partial charge in [0, 0.05) is 22.7 Å². The molecule has 3 heterocycles. The van der Waals surface area contributed by atoms with E-state index in [-0.39, 0.29) is 5.41 Å². The van der Waals surface area contributed by atoms with Crippen LogP contribution in [0.4, 0.5) is 0 Å². The van der Waals surface area contributed by atoms with E-state index in [0.29, 0.717) is 5.71 Å². The Morgan fingerprint density at radius 3 is 2.48 bits per heavy atom. The Morgan fingerprint density at radius 2 is 1.62 bits per heavy atom. The zero-order chi connectivity index (χ0) is 20.0. The molecule has 0 spiro atoms. The maximum absolute atomic E-state index is 5.44. The highest BCUT2D eigenvalue weighted by molar-refractivity contribution is 5.93. The van der Waals surface area contributed by atoms with Gasteiger partial charge in [-0.15, -0.1) is 0 Å². The van der Waals surface area contributed by atoms with E-state index in [4.69, 9.17) is 4.42 Å². The number of benzene rings is 2. The fourth-order valence-corrected chi connectivity index (χ4v) is 3.84. The van der Waals surface area contributed by atoms with Gasteiger partial charge in [-0.2, -0.15) is 0 Å². The summed E-state index contributed by atoms with van der Waals surface area (Å²) in [4.78, 5) is 13.4. The summed E-state index contributed by atoms with van der Waals surface area (Å²) in [6, 6.07) is 18.9. The van der Waals surface area contributed by atoms with Crippen LogP contribution in [0.2, 0.25) is 0 Å². The van der Waals surface area contributed by atoms with Crippen molar-refractivity contribution in [2.24, 2.45) is 0 Å². The molecule has 29 heavy (non-hydrogen) atoms. The third-order valence-corrected chi connectivity index (χ3v) is 5.28. The number of hydrogen-bond donors (Lipinski definition) is 0. The van der Waals surface area contributed by atoms with Gasteiger partial charge < -0.3 is 4.42 Å². The van der Waals surface area contributed by atoms with Crippen molar-refractivity contribution in [2.45, 2.75) is 26.2 Å². The quantitative estimate of drug-likeness (QED) is 0.356. The van der Waals surface area contributed by atoms with Gasteiger partial charge in [-0.1, -0.05) is 45.0 Å². The first-order chi connectivity index (χ1) is 14.0. The van der Waals surface area contributed by atoms with Gasteiger partial charge in [-0.05, 0) is 52.1 Å². The van der Waals surface area contributed by atoms with Crippen molar-refractivity contribution < 1.29 is 4.42 Å². The third-order valence-electron chi connectivity index (χ3n) is 5.28. The number of hydrogen-bond acceptors (Lipinski definition) is 4. The third kappa shape index (κ3) is 3.07. The molecular weight excluding hydrogens is 358 g/mol. The van der Waals surface area contributed by atoms with Crippen molar-refractivity contribution in [1.29, 1.82) is 0 Å². The van der Waals surface area contributed by atoms with Crippen molar-refractivity contribution >= 4 is 21.9 Å². The van der Waals surface area contributed by atoms with Crippen LogP contribution in [0.5, 0.6) is 0 Å². The lowest BCUT2D eigenvalue weighted by molar-refractivity contribution is 0.596. The summed E-state index contributed by atoms with van der Waals surface area (Å²) in [6.07, 6.45) is 5.03. The lowest BCUT2D eigenvalue weighted by Crippen LogP contribution is -2.12. The van der Waals surface area contributed by atoms with E-state index < -0.39 is 0 Å². The highest BCUT2D eigenvalue weighted by Crippen LogP contribution is 2.35. The average molecular weight is 379 g/mol. The Hall–Kier alpha value is -3.53. The minimum Gasteiger partial charge on any atom is -0.446 e. The average Bonchev–Trinajstić information content (AvgIpc) is 3.21. The summed E-state index contributed by atoms with van der Waals surface area (Å²) in [5.74, 6) is 0. The number of fused-ring (bicyclic) bond motifs is 2. The number of furan rings is 1. The molecule has 4 nitrogen and oxygen atoms in total. The molecule has 0 saturated heterocycles. The first-order valence-corrected chi connectivity index (χ1v) is 9.69. The largest absolute Gasteiger partial charge is 0.446 e. The molecule has 0 radical (unpaired) electrons. The van der Waals surface area contributed by atoms with Gasteiger partial charge >= 0.3 is 0 Å². The second-order valence-corrected chi connectivity index (χ2v) is 8.28. The van der Waals surface area contributed by atoms with Crippen molar-refractivity contribution in [2.75, 3.05) is 0 Å². The van der Waals surface area contributed by atoms with Crippen LogP contribution in [0.25, 0.3) is 44.4 Å². The topological polar surface area (TPSA) is 51.8 Å². The lowest BCUT2D eigenvalue weighted by Gasteiger charge is -2.22. The van der Waals surface area contributed by atoms with E-state index >= 15 is 0 Å². The minimum atomic E-state index is 0.0273. The van der Waals surface area contributed by atoms with Gasteiger partial charge in [0.1, 0.15) is 6.33 Å². The lowest BCUT2D eigenvalue weighted by atomic mass is 9.82. The van der Waals surface area contributed by atoms with Crippen LogP contribution in [0, 0.1) is 0 Å². The first kappa shape index (κ1) is 17.6. The van der Waals surface area contributed by atoms with Crippen LogP contribution < -0.4 is 0 Å². The molecule has 5 aromatic rings. The van der Waals surface area contributed by atoms with E-state index in [0.717, 1.165) is 27.9 Å². The smallest absolute Gasteiger partial charge is 0.226 e. The monoisotopic (exact) mass is 379 g/mol. The van der Waals surface area contributed by atoms with E-state index in [1.54, 1.807) is 18.8 Å². The summed E-state index contributed by atoms with van der Waals surface area (Å²) >= 11 is 0. The van der Waals surface area contributed by atoms with E-state index in [2.05, 4.69) is 72.1 Å². The molecule has 0 bridgehead atoms. The van der Waals surface area contributed by atoms with Gasteiger partial charge in [0.2, 0.25) is 5.71 Å². The molecule has 142 valence electrons. The van der Waals surface area contributed by atoms with E-state index in [9.17, 15) is 0 Å². The van der Waals surface area contributed by atoms with Gasteiger partial charge in [-0.3, -0.25) is 0 Å². The van der Waals surface area contributed by atoms with Crippen molar-refractivity contribution in [3.05, 3.63) is 78.9 Å². The van der Waals surface area contributed by atoms with Crippen molar-refractivity contribution in [3.8, 4) is 22.5 Å². The van der Waals surface area contributed by atoms with Crippen LogP contribution in [0.15, 0.2) is 77.8 Å². The molecule has 0 saturated carbocycles. The molecule has 0 aliphatic heterocycles. The Bertz CT molecular complexity index is 1350. The first-order valence-electron chi connectivity index (χ1n) is 9.69. The fourth-order valence-electron chi connectivity index (χ4n) is 3.84. The molecule has 0 fully saturated rings. The highest BCUT2D eigenvalue weighted by Gasteiger charge is 2.19. The van der Waals surface area contributed by atoms with Crippen molar-refractivity contribution in [1.82, 2.24) is 15.0 Å². The van der Waals surface area contributed by atoms with Crippen molar-refractivity contribution in [3.63, 3.8) is 0 Å². The maximum Gasteiger partial charge on any atom is 0.226 e. The number of pyridine rings is 1. The minimum absolute atomic E-state index is 0.0273. The second-order valence-electron chi connectivity index (χ2n) is 8.28. The predicted octanol–water partition coefficient (Wildman–Crippen LogP) is 6.40. The Kier molecular flexibility index (Phi) is 3.95. The zero-order valence-corrected chi connectivity index (χ0v) is 16.7. The molecular formula is C25H21N3O. The van der Waals surface area contributed by atoms with Gasteiger partial charge in [0.15, 0.2) is 0 Å². The van der Waals surface area contributed by atoms with Gasteiger partial charge in [0.05, 0.1) is 17.7 Å². The number of rotatable bonds is 2. The molecule has 3 aromatic heterocycles. The van der Waals surface area contributed by atoms with Crippen LogP contribution >= 0.6 is 0 Å². The van der Waals surface area contributed by atoms with Gasteiger partial charge in [-0.25, -0.2) is 15.0 Å². The van der Waals surface area contributed by atoms with Crippen LogP contribution in [-0.2, 0) is 5.41 Å². The molecule has 0 atom stereocenters. The second kappa shape index (κ2) is 6.52. The zero-order valence-electron chi connectivity index (χ0n) is 16.7. The molecule has 5 rings (SSSR count). The summed E-state index contributed by atoms with van der Waals surface area (Å²) in [5, 5.41) is 3.45. The maximum atomic E-state index is 5.44. The van der Waals surface area contributed by atoms with Crippen LogP contribution in [-0.4, -0.2) is 15.0 Å². The SMILES string of the molecule is CC(C)(C)c1cc(-c2cc(-c3ccnc4occc34)ncn2)cc2ccccc12. The molecule has 0 aliphatic carbocycles. The van der Waals surface area contributed by atoms with E-state index in [1.165, 1.54) is 16.3 Å². The normalized spacial score (nSPS) is 12.0. The van der Waals surface area contributed by atoms with Crippen LogP contribution in [0.3, 0.4) is 0 Å². The number of nitrogens with zero attached hydrogens (tertiary/aromatic N) is 3. The van der Waals surface area contributed by atoms with E-state index in [1.807, 2.05) is 18.2 Å². The Morgan fingerprint density at radius 1 is 0.793 bits per heavy atom. The fraction of sp³-hybridized carbons (Fsp3) is 0.160. The molecule has 0 N–H and O–H groups in total. The molecule has 0 unspecified atom stereocenters. The summed E-state index contributed by atoms with van der Waals surface area (Å²) in [7, 11) is 0. The highest BCUT2D eigenvalue weighted by atomic mass is 16.3. The predicted molar refractivity (Wildman–Crippen MR) is 117 cm³/mol. The molecule has 4 heteroatoms. The molecule has 2 aromatic carbocycles. The summed E-state index contributed by atoms with van der Waals surface area (Å²) < 4.78 is 5.44. The standard InChI is InChI=1S/C25H21N3O/c1-25(2,3)21-13-17(12-16-6-4-5-7-18(16)21)22-14-23(28-15-27-22)19-8-10-26-24-20(19)9-11-29-24/h4-15H,1-3H3. The summed E-state index contributed by atoms with van der Waals surface area (Å²) in [5.41, 5.74) is 5.79. The molecule has 0 aliphatic rings. The Labute approximate surface area is 169 Å². The molecule has 0 amide bonds. The Balaban J connectivity index is 1.70. The van der Waals surface area contributed by atoms with Gasteiger partial charge in [0.25, 0.3) is 0 Å².